The third-order valence-corrected chi connectivity index (χ3v) is 6.74. The van der Waals surface area contributed by atoms with E-state index in [0.29, 0.717) is 5.75 Å². The summed E-state index contributed by atoms with van der Waals surface area (Å²) in [5.41, 5.74) is -1.40. The van der Waals surface area contributed by atoms with Gasteiger partial charge in [0.15, 0.2) is 0 Å². The number of aliphatic carboxylic acids is 1. The number of benzene rings is 2. The zero-order valence-corrected chi connectivity index (χ0v) is 18.6. The highest BCUT2D eigenvalue weighted by Crippen LogP contribution is 2.31. The van der Waals surface area contributed by atoms with E-state index in [-0.39, 0.29) is 29.2 Å². The average Bonchev–Trinajstić information content (AvgIpc) is 2.71. The summed E-state index contributed by atoms with van der Waals surface area (Å²) in [6, 6.07) is 8.82. The molecule has 3 N–H and O–H groups in total. The van der Waals surface area contributed by atoms with E-state index in [1.54, 1.807) is 24.3 Å². The van der Waals surface area contributed by atoms with Gasteiger partial charge < -0.3 is 19.7 Å². The molecule has 0 aliphatic rings. The number of ether oxygens (including phenoxy) is 2. The van der Waals surface area contributed by atoms with Crippen LogP contribution in [0.15, 0.2) is 41.3 Å². The number of aromatic carboxylic acids is 1. The van der Waals surface area contributed by atoms with Crippen molar-refractivity contribution in [1.29, 1.82) is 0 Å². The Morgan fingerprint density at radius 1 is 1.10 bits per heavy atom. The SMILES string of the molecule is COc1ccc(CCC(C)(NS(=O)(=O)c2cc(OC)c(C(=O)O)cc2Cl)C(=O)O)cc1. The molecule has 0 radical (unpaired) electrons. The van der Waals surface area contributed by atoms with Gasteiger partial charge in [-0.1, -0.05) is 23.7 Å². The van der Waals surface area contributed by atoms with Gasteiger partial charge in [0.2, 0.25) is 10.0 Å². The zero-order valence-electron chi connectivity index (χ0n) is 17.0. The van der Waals surface area contributed by atoms with Gasteiger partial charge in [0.25, 0.3) is 0 Å². The Hall–Kier alpha value is -2.82. The quantitative estimate of drug-likeness (QED) is 0.480. The number of hydrogen-bond acceptors (Lipinski definition) is 6. The topological polar surface area (TPSA) is 139 Å². The molecular weight excluding hydrogens is 450 g/mol. The van der Waals surface area contributed by atoms with Gasteiger partial charge in [-0.25, -0.2) is 13.2 Å². The number of carboxylic acid groups (broad SMARTS) is 2. The van der Waals surface area contributed by atoms with Gasteiger partial charge in [-0.3, -0.25) is 4.79 Å². The molecular formula is C20H22ClNO8S. The first-order valence-electron chi connectivity index (χ1n) is 8.94. The molecule has 2 rings (SSSR count). The van der Waals surface area contributed by atoms with Crippen molar-refractivity contribution < 1.29 is 37.7 Å². The third-order valence-electron chi connectivity index (χ3n) is 4.68. The molecule has 0 bridgehead atoms. The van der Waals surface area contributed by atoms with E-state index >= 15 is 0 Å². The molecule has 11 heteroatoms. The summed E-state index contributed by atoms with van der Waals surface area (Å²) in [4.78, 5) is 22.7. The summed E-state index contributed by atoms with van der Waals surface area (Å²) >= 11 is 6.00. The van der Waals surface area contributed by atoms with Gasteiger partial charge in [0, 0.05) is 6.07 Å². The lowest BCUT2D eigenvalue weighted by molar-refractivity contribution is -0.143. The highest BCUT2D eigenvalue weighted by molar-refractivity contribution is 7.89. The minimum atomic E-state index is -4.44. The predicted molar refractivity (Wildman–Crippen MR) is 113 cm³/mol. The molecule has 0 aliphatic carbocycles. The summed E-state index contributed by atoms with van der Waals surface area (Å²) in [5, 5.41) is 18.5. The molecule has 1 atom stereocenters. The molecule has 2 aromatic rings. The van der Waals surface area contributed by atoms with Crippen molar-refractivity contribution in [3.05, 3.63) is 52.5 Å². The van der Waals surface area contributed by atoms with Gasteiger partial charge in [-0.2, -0.15) is 4.72 Å². The van der Waals surface area contributed by atoms with Crippen LogP contribution in [0.3, 0.4) is 0 Å². The van der Waals surface area contributed by atoms with Crippen molar-refractivity contribution in [2.45, 2.75) is 30.2 Å². The molecule has 0 amide bonds. The fourth-order valence-corrected chi connectivity index (χ4v) is 4.76. The molecule has 2 aromatic carbocycles. The van der Waals surface area contributed by atoms with Crippen LogP contribution in [0, 0.1) is 0 Å². The number of carboxylic acids is 2. The first kappa shape index (κ1) is 24.4. The van der Waals surface area contributed by atoms with Crippen LogP contribution in [0.2, 0.25) is 5.02 Å². The van der Waals surface area contributed by atoms with Crippen molar-refractivity contribution in [2.75, 3.05) is 14.2 Å². The highest BCUT2D eigenvalue weighted by atomic mass is 35.5. The Labute approximate surface area is 184 Å². The second-order valence-electron chi connectivity index (χ2n) is 6.88. The average molecular weight is 472 g/mol. The standard InChI is InChI=1S/C20H22ClNO8S/c1-20(19(25)26,9-8-12-4-6-13(29-2)7-5-12)22-31(27,28)17-11-16(30-3)14(18(23)24)10-15(17)21/h4-7,10-11,22H,8-9H2,1-3H3,(H,23,24)(H,25,26). The van der Waals surface area contributed by atoms with Crippen LogP contribution in [-0.2, 0) is 21.2 Å². The number of halogens is 1. The lowest BCUT2D eigenvalue weighted by atomic mass is 9.94. The zero-order chi connectivity index (χ0) is 23.4. The second-order valence-corrected chi connectivity index (χ2v) is 8.94. The first-order chi connectivity index (χ1) is 14.4. The van der Waals surface area contributed by atoms with Crippen LogP contribution in [0.1, 0.15) is 29.3 Å². The number of sulfonamides is 1. The minimum absolute atomic E-state index is 0.0597. The molecule has 1 unspecified atom stereocenters. The van der Waals surface area contributed by atoms with Crippen molar-refractivity contribution in [3.63, 3.8) is 0 Å². The van der Waals surface area contributed by atoms with Crippen LogP contribution in [-0.4, -0.2) is 50.3 Å². The van der Waals surface area contributed by atoms with Crippen LogP contribution in [0.5, 0.6) is 11.5 Å². The third kappa shape index (κ3) is 5.66. The summed E-state index contributed by atoms with van der Waals surface area (Å²) in [6.07, 6.45) is 0.209. The van der Waals surface area contributed by atoms with Crippen LogP contribution >= 0.6 is 11.6 Å². The van der Waals surface area contributed by atoms with Crippen LogP contribution in [0.25, 0.3) is 0 Å². The number of hydrogen-bond donors (Lipinski definition) is 3. The van der Waals surface area contributed by atoms with E-state index in [0.717, 1.165) is 17.7 Å². The van der Waals surface area contributed by atoms with Crippen molar-refractivity contribution in [3.8, 4) is 11.5 Å². The Bertz CT molecular complexity index is 1090. The lowest BCUT2D eigenvalue weighted by Crippen LogP contribution is -2.52. The largest absolute Gasteiger partial charge is 0.497 e. The van der Waals surface area contributed by atoms with Gasteiger partial charge in [0.1, 0.15) is 27.5 Å². The number of rotatable bonds is 10. The molecule has 0 aromatic heterocycles. The molecule has 0 heterocycles. The Balaban J connectivity index is 2.34. The number of methoxy groups -OCH3 is 2. The van der Waals surface area contributed by atoms with E-state index in [4.69, 9.17) is 21.1 Å². The Morgan fingerprint density at radius 2 is 1.71 bits per heavy atom. The van der Waals surface area contributed by atoms with Gasteiger partial charge >= 0.3 is 11.9 Å². The van der Waals surface area contributed by atoms with Gasteiger partial charge in [-0.05, 0) is 43.5 Å². The normalized spacial score (nSPS) is 13.3. The maximum Gasteiger partial charge on any atom is 0.339 e. The summed E-state index contributed by atoms with van der Waals surface area (Å²) in [5.74, 6) is -2.33. The van der Waals surface area contributed by atoms with E-state index in [2.05, 4.69) is 4.72 Å². The number of nitrogens with one attached hydrogen (secondary N) is 1. The molecule has 9 nitrogen and oxygen atoms in total. The van der Waals surface area contributed by atoms with E-state index in [1.807, 2.05) is 0 Å². The first-order valence-corrected chi connectivity index (χ1v) is 10.8. The summed E-state index contributed by atoms with van der Waals surface area (Å²) in [7, 11) is -1.74. The molecule has 168 valence electrons. The van der Waals surface area contributed by atoms with E-state index in [1.165, 1.54) is 21.1 Å². The maximum atomic E-state index is 12.9. The maximum absolute atomic E-state index is 12.9. The monoisotopic (exact) mass is 471 g/mol. The smallest absolute Gasteiger partial charge is 0.339 e. The van der Waals surface area contributed by atoms with Crippen molar-refractivity contribution >= 4 is 33.6 Å². The number of aryl methyl sites for hydroxylation is 1. The van der Waals surface area contributed by atoms with E-state index in [9.17, 15) is 28.2 Å². The van der Waals surface area contributed by atoms with Gasteiger partial charge in [0.05, 0.1) is 19.2 Å². The minimum Gasteiger partial charge on any atom is -0.497 e. The van der Waals surface area contributed by atoms with E-state index < -0.39 is 32.4 Å². The molecule has 0 aliphatic heterocycles. The van der Waals surface area contributed by atoms with Gasteiger partial charge in [-0.15, -0.1) is 0 Å². The molecule has 0 saturated heterocycles. The Morgan fingerprint density at radius 3 is 2.19 bits per heavy atom. The molecule has 0 spiro atoms. The molecule has 0 saturated carbocycles. The molecule has 0 fully saturated rings. The molecule has 31 heavy (non-hydrogen) atoms. The second kappa shape index (κ2) is 9.54. The van der Waals surface area contributed by atoms with Crippen LogP contribution in [0.4, 0.5) is 0 Å². The fourth-order valence-electron chi connectivity index (χ4n) is 2.82. The van der Waals surface area contributed by atoms with Crippen molar-refractivity contribution in [1.82, 2.24) is 4.72 Å². The van der Waals surface area contributed by atoms with Crippen LogP contribution < -0.4 is 14.2 Å². The number of carbonyl (C=O) groups is 2. The Kier molecular flexibility index (Phi) is 7.53. The summed E-state index contributed by atoms with van der Waals surface area (Å²) in [6.45, 7) is 1.24. The lowest BCUT2D eigenvalue weighted by Gasteiger charge is -2.26. The van der Waals surface area contributed by atoms with Crippen molar-refractivity contribution in [2.24, 2.45) is 0 Å². The fraction of sp³-hybridized carbons (Fsp3) is 0.300. The predicted octanol–water partition coefficient (Wildman–Crippen LogP) is 2.81. The summed E-state index contributed by atoms with van der Waals surface area (Å²) < 4.78 is 38.1. The highest BCUT2D eigenvalue weighted by Gasteiger charge is 2.38.